The van der Waals surface area contributed by atoms with Gasteiger partial charge in [0.25, 0.3) is 0 Å². The molecule has 136 valence electrons. The van der Waals surface area contributed by atoms with Crippen molar-refractivity contribution in [2.24, 2.45) is 5.92 Å². The second kappa shape index (κ2) is 7.07. The van der Waals surface area contributed by atoms with Gasteiger partial charge < -0.3 is 10.6 Å². The van der Waals surface area contributed by atoms with E-state index in [-0.39, 0.29) is 18.2 Å². The summed E-state index contributed by atoms with van der Waals surface area (Å²) in [6, 6.07) is 17.4. The monoisotopic (exact) mass is 360 g/mol. The number of carbonyl (C=O) groups excluding carboxylic acids is 2. The molecule has 2 heterocycles. The highest BCUT2D eigenvalue weighted by atomic mass is 16.2. The average Bonchev–Trinajstić information content (AvgIpc) is 3.05. The van der Waals surface area contributed by atoms with E-state index in [2.05, 4.69) is 15.7 Å². The Morgan fingerprint density at radius 2 is 2.04 bits per heavy atom. The molecule has 4 rings (SSSR count). The van der Waals surface area contributed by atoms with Crippen LogP contribution in [0.3, 0.4) is 0 Å². The van der Waals surface area contributed by atoms with Crippen LogP contribution in [0.1, 0.15) is 12.0 Å². The number of carbonyl (C=O) groups is 2. The molecule has 6 heteroatoms. The fraction of sp³-hybridized carbons (Fsp3) is 0.190. The largest absolute Gasteiger partial charge is 0.326 e. The molecule has 1 aromatic heterocycles. The summed E-state index contributed by atoms with van der Waals surface area (Å²) in [5.41, 5.74) is 3.68. The van der Waals surface area contributed by atoms with Gasteiger partial charge in [-0.3, -0.25) is 9.59 Å². The van der Waals surface area contributed by atoms with Gasteiger partial charge in [-0.05, 0) is 30.2 Å². The zero-order valence-electron chi connectivity index (χ0n) is 15.0. The number of nitrogens with one attached hydrogen (secondary N) is 2. The Labute approximate surface area is 157 Å². The second-order valence-corrected chi connectivity index (χ2v) is 6.76. The molecule has 0 spiro atoms. The maximum atomic E-state index is 12.5. The first-order valence-electron chi connectivity index (χ1n) is 8.89. The molecule has 2 amide bonds. The maximum absolute atomic E-state index is 12.5. The Balaban J connectivity index is 1.47. The fourth-order valence-corrected chi connectivity index (χ4v) is 3.31. The Hall–Kier alpha value is -3.41. The SMILES string of the molecule is Cc1cccc(NC(=O)CC2Cn3ncc(-c4ccccc4)c3NC2=O)c1. The molecule has 0 saturated heterocycles. The van der Waals surface area contributed by atoms with E-state index in [4.69, 9.17) is 0 Å². The molecule has 1 unspecified atom stereocenters. The minimum Gasteiger partial charge on any atom is -0.326 e. The van der Waals surface area contributed by atoms with Gasteiger partial charge in [0.1, 0.15) is 5.82 Å². The van der Waals surface area contributed by atoms with Crippen molar-refractivity contribution in [2.45, 2.75) is 19.9 Å². The van der Waals surface area contributed by atoms with E-state index in [0.717, 1.165) is 22.4 Å². The van der Waals surface area contributed by atoms with Crippen molar-refractivity contribution >= 4 is 23.3 Å². The van der Waals surface area contributed by atoms with Crippen LogP contribution < -0.4 is 10.6 Å². The van der Waals surface area contributed by atoms with Crippen molar-refractivity contribution in [3.05, 3.63) is 66.4 Å². The van der Waals surface area contributed by atoms with Gasteiger partial charge in [0.05, 0.1) is 18.7 Å². The molecule has 0 bridgehead atoms. The number of rotatable bonds is 4. The van der Waals surface area contributed by atoms with E-state index in [1.54, 1.807) is 10.9 Å². The van der Waals surface area contributed by atoms with Crippen LogP contribution in [0.4, 0.5) is 11.5 Å². The zero-order chi connectivity index (χ0) is 18.8. The predicted molar refractivity (Wildman–Crippen MR) is 104 cm³/mol. The van der Waals surface area contributed by atoms with Crippen LogP contribution in [0.15, 0.2) is 60.8 Å². The summed E-state index contributed by atoms with van der Waals surface area (Å²) < 4.78 is 1.76. The molecular weight excluding hydrogens is 340 g/mol. The highest BCUT2D eigenvalue weighted by molar-refractivity contribution is 6.00. The van der Waals surface area contributed by atoms with Crippen molar-refractivity contribution in [3.8, 4) is 11.1 Å². The van der Waals surface area contributed by atoms with E-state index in [1.807, 2.05) is 61.5 Å². The van der Waals surface area contributed by atoms with E-state index < -0.39 is 5.92 Å². The van der Waals surface area contributed by atoms with E-state index in [9.17, 15) is 9.59 Å². The minimum absolute atomic E-state index is 0.111. The van der Waals surface area contributed by atoms with Crippen LogP contribution in [0, 0.1) is 12.8 Å². The molecule has 0 fully saturated rings. The highest BCUT2D eigenvalue weighted by Crippen LogP contribution is 2.31. The zero-order valence-corrected chi connectivity index (χ0v) is 15.0. The number of benzene rings is 2. The van der Waals surface area contributed by atoms with Gasteiger partial charge in [0.15, 0.2) is 0 Å². The van der Waals surface area contributed by atoms with Crippen molar-refractivity contribution in [2.75, 3.05) is 10.6 Å². The van der Waals surface area contributed by atoms with Crippen molar-refractivity contribution in [3.63, 3.8) is 0 Å². The highest BCUT2D eigenvalue weighted by Gasteiger charge is 2.30. The summed E-state index contributed by atoms with van der Waals surface area (Å²) in [5, 5.41) is 10.2. The lowest BCUT2D eigenvalue weighted by atomic mass is 10.0. The van der Waals surface area contributed by atoms with Gasteiger partial charge in [0, 0.05) is 17.7 Å². The molecule has 2 N–H and O–H groups in total. The number of anilines is 2. The first-order chi connectivity index (χ1) is 13.1. The molecule has 1 aliphatic rings. The number of aromatic nitrogens is 2. The molecule has 2 aromatic carbocycles. The Bertz CT molecular complexity index is 994. The van der Waals surface area contributed by atoms with Crippen LogP contribution in [0.25, 0.3) is 11.1 Å². The standard InChI is InChI=1S/C21H20N4O2/c1-14-6-5-9-17(10-14)23-19(26)11-16-13-25-20(24-21(16)27)18(12-22-25)15-7-3-2-4-8-15/h2-10,12,16H,11,13H2,1H3,(H,23,26)(H,24,27). The number of nitrogens with zero attached hydrogens (tertiary/aromatic N) is 2. The Morgan fingerprint density at radius 3 is 2.81 bits per heavy atom. The molecule has 0 radical (unpaired) electrons. The van der Waals surface area contributed by atoms with Gasteiger partial charge in [-0.25, -0.2) is 4.68 Å². The van der Waals surface area contributed by atoms with Gasteiger partial charge in [-0.1, -0.05) is 42.5 Å². The molecule has 27 heavy (non-hydrogen) atoms. The van der Waals surface area contributed by atoms with Gasteiger partial charge in [-0.2, -0.15) is 5.10 Å². The third-order valence-corrected chi connectivity index (χ3v) is 4.66. The second-order valence-electron chi connectivity index (χ2n) is 6.76. The van der Waals surface area contributed by atoms with Crippen LogP contribution in [-0.4, -0.2) is 21.6 Å². The molecule has 1 aliphatic heterocycles. The lowest BCUT2D eigenvalue weighted by Gasteiger charge is -2.24. The van der Waals surface area contributed by atoms with Crippen LogP contribution in [0.5, 0.6) is 0 Å². The first-order valence-corrected chi connectivity index (χ1v) is 8.89. The lowest BCUT2D eigenvalue weighted by Crippen LogP contribution is -2.36. The summed E-state index contributed by atoms with van der Waals surface area (Å²) in [6.07, 6.45) is 1.86. The third kappa shape index (κ3) is 3.60. The van der Waals surface area contributed by atoms with Gasteiger partial charge >= 0.3 is 0 Å². The first kappa shape index (κ1) is 17.0. The summed E-state index contributed by atoms with van der Waals surface area (Å²) in [4.78, 5) is 24.9. The fourth-order valence-electron chi connectivity index (χ4n) is 3.31. The van der Waals surface area contributed by atoms with E-state index in [1.165, 1.54) is 0 Å². The van der Waals surface area contributed by atoms with Crippen molar-refractivity contribution in [1.29, 1.82) is 0 Å². The molecule has 1 atom stereocenters. The summed E-state index contributed by atoms with van der Waals surface area (Å²) in [6.45, 7) is 2.35. The van der Waals surface area contributed by atoms with E-state index in [0.29, 0.717) is 12.4 Å². The van der Waals surface area contributed by atoms with Crippen LogP contribution in [-0.2, 0) is 16.1 Å². The van der Waals surface area contributed by atoms with Gasteiger partial charge in [0.2, 0.25) is 11.8 Å². The van der Waals surface area contributed by atoms with E-state index >= 15 is 0 Å². The lowest BCUT2D eigenvalue weighted by molar-refractivity contribution is -0.125. The Kier molecular flexibility index (Phi) is 4.46. The average molecular weight is 360 g/mol. The molecular formula is C21H20N4O2. The quantitative estimate of drug-likeness (QED) is 0.748. The van der Waals surface area contributed by atoms with Crippen molar-refractivity contribution < 1.29 is 9.59 Å². The number of hydrogen-bond acceptors (Lipinski definition) is 3. The minimum atomic E-state index is -0.453. The molecule has 3 aromatic rings. The van der Waals surface area contributed by atoms with Crippen LogP contribution in [0.2, 0.25) is 0 Å². The predicted octanol–water partition coefficient (Wildman–Crippen LogP) is 3.46. The topological polar surface area (TPSA) is 76.0 Å². The maximum Gasteiger partial charge on any atom is 0.231 e. The van der Waals surface area contributed by atoms with Crippen molar-refractivity contribution in [1.82, 2.24) is 9.78 Å². The van der Waals surface area contributed by atoms with Gasteiger partial charge in [-0.15, -0.1) is 0 Å². The molecule has 0 aliphatic carbocycles. The molecule has 6 nitrogen and oxygen atoms in total. The third-order valence-electron chi connectivity index (χ3n) is 4.66. The number of hydrogen-bond donors (Lipinski definition) is 2. The van der Waals surface area contributed by atoms with Crippen LogP contribution >= 0.6 is 0 Å². The number of fused-ring (bicyclic) bond motifs is 1. The summed E-state index contributed by atoms with van der Waals surface area (Å²) in [7, 11) is 0. The number of amides is 2. The smallest absolute Gasteiger partial charge is 0.231 e. The molecule has 0 saturated carbocycles. The normalized spacial score (nSPS) is 15.7. The summed E-state index contributed by atoms with van der Waals surface area (Å²) in [5.74, 6) is -0.105. The Morgan fingerprint density at radius 1 is 1.22 bits per heavy atom. The summed E-state index contributed by atoms with van der Waals surface area (Å²) >= 11 is 0. The number of aryl methyl sites for hydroxylation is 1.